The van der Waals surface area contributed by atoms with Crippen molar-refractivity contribution in [1.29, 1.82) is 0 Å². The summed E-state index contributed by atoms with van der Waals surface area (Å²) in [5.74, 6) is 0. The third-order valence-corrected chi connectivity index (χ3v) is 3.23. The highest BCUT2D eigenvalue weighted by Gasteiger charge is 2.27. The molecule has 0 aliphatic carbocycles. The summed E-state index contributed by atoms with van der Waals surface area (Å²) < 4.78 is 7.18. The van der Waals surface area contributed by atoms with Gasteiger partial charge in [0.15, 0.2) is 0 Å². The number of aliphatic hydroxyl groups is 1. The van der Waals surface area contributed by atoms with E-state index in [1.807, 2.05) is 25.1 Å². The van der Waals surface area contributed by atoms with Gasteiger partial charge >= 0.3 is 0 Å². The molecule has 1 aromatic heterocycles. The Bertz CT molecular complexity index is 538. The lowest BCUT2D eigenvalue weighted by Gasteiger charge is -2.27. The quantitative estimate of drug-likeness (QED) is 0.800. The lowest BCUT2D eigenvalue weighted by molar-refractivity contribution is -0.0320. The molecule has 1 N–H and O–H groups in total. The summed E-state index contributed by atoms with van der Waals surface area (Å²) >= 11 is 0. The number of benzene rings is 1. The Kier molecular flexibility index (Phi) is 2.57. The van der Waals surface area contributed by atoms with Crippen LogP contribution in [0.4, 0.5) is 0 Å². The summed E-state index contributed by atoms with van der Waals surface area (Å²) in [6.45, 7) is 3.13. The fourth-order valence-electron chi connectivity index (χ4n) is 2.24. The molecular weight excluding hydrogens is 218 g/mol. The summed E-state index contributed by atoms with van der Waals surface area (Å²) in [4.78, 5) is 0. The molecule has 1 aromatic carbocycles. The third kappa shape index (κ3) is 1.81. The van der Waals surface area contributed by atoms with Gasteiger partial charge in [-0.3, -0.25) is 0 Å². The van der Waals surface area contributed by atoms with Crippen molar-refractivity contribution in [3.8, 4) is 0 Å². The van der Waals surface area contributed by atoms with Crippen molar-refractivity contribution in [2.24, 2.45) is 0 Å². The summed E-state index contributed by atoms with van der Waals surface area (Å²) in [6.07, 6.45) is 0.243. The van der Waals surface area contributed by atoms with Gasteiger partial charge in [0.2, 0.25) is 0 Å². The summed E-state index contributed by atoms with van der Waals surface area (Å²) in [7, 11) is 0. The Morgan fingerprint density at radius 2 is 2.35 bits per heavy atom. The largest absolute Gasteiger partial charge is 0.391 e. The monoisotopic (exact) mass is 233 g/mol. The van der Waals surface area contributed by atoms with Crippen molar-refractivity contribution >= 4 is 11.0 Å². The van der Waals surface area contributed by atoms with E-state index in [4.69, 9.17) is 4.74 Å². The van der Waals surface area contributed by atoms with Crippen molar-refractivity contribution in [2.45, 2.75) is 25.5 Å². The molecule has 2 aromatic rings. The number of aliphatic hydroxyl groups excluding tert-OH is 1. The molecule has 90 valence electrons. The normalized spacial score (nSPS) is 25.3. The Hall–Kier alpha value is -1.46. The van der Waals surface area contributed by atoms with Crippen molar-refractivity contribution in [3.63, 3.8) is 0 Å². The van der Waals surface area contributed by atoms with Crippen molar-refractivity contribution < 1.29 is 9.84 Å². The lowest BCUT2D eigenvalue weighted by Crippen LogP contribution is -2.34. The minimum atomic E-state index is -0.407. The second-order valence-corrected chi connectivity index (χ2v) is 4.52. The average molecular weight is 233 g/mol. The van der Waals surface area contributed by atoms with Gasteiger partial charge in [0.1, 0.15) is 11.6 Å². The standard InChI is InChI=1S/C12H15N3O2/c1-8-2-3-10-9(6-8)13-14-15(10)11-7-17-5-4-12(11)16/h2-3,6,11-12,16H,4-5,7H2,1H3. The maximum Gasteiger partial charge on any atom is 0.113 e. The maximum atomic E-state index is 9.99. The van der Waals surface area contributed by atoms with Crippen LogP contribution in [-0.2, 0) is 4.74 Å². The zero-order valence-corrected chi connectivity index (χ0v) is 9.71. The molecule has 1 aliphatic rings. The smallest absolute Gasteiger partial charge is 0.113 e. The van der Waals surface area contributed by atoms with Gasteiger partial charge in [-0.05, 0) is 31.0 Å². The Balaban J connectivity index is 2.05. The number of aryl methyl sites for hydroxylation is 1. The van der Waals surface area contributed by atoms with Crippen LogP contribution >= 0.6 is 0 Å². The fourth-order valence-corrected chi connectivity index (χ4v) is 2.24. The van der Waals surface area contributed by atoms with E-state index in [2.05, 4.69) is 10.3 Å². The second kappa shape index (κ2) is 4.09. The summed E-state index contributed by atoms with van der Waals surface area (Å²) in [5, 5.41) is 18.3. The molecule has 5 nitrogen and oxygen atoms in total. The van der Waals surface area contributed by atoms with Gasteiger partial charge in [-0.15, -0.1) is 5.10 Å². The molecule has 0 bridgehead atoms. The van der Waals surface area contributed by atoms with Crippen LogP contribution < -0.4 is 0 Å². The van der Waals surface area contributed by atoms with E-state index in [9.17, 15) is 5.11 Å². The Labute approximate surface area is 99.0 Å². The highest BCUT2D eigenvalue weighted by molar-refractivity contribution is 5.75. The molecule has 1 fully saturated rings. The first-order valence-corrected chi connectivity index (χ1v) is 5.83. The molecule has 2 unspecified atom stereocenters. The van der Waals surface area contributed by atoms with Gasteiger partial charge in [0, 0.05) is 6.61 Å². The van der Waals surface area contributed by atoms with Crippen molar-refractivity contribution in [1.82, 2.24) is 15.0 Å². The van der Waals surface area contributed by atoms with Gasteiger partial charge in [-0.2, -0.15) is 0 Å². The Morgan fingerprint density at radius 1 is 1.47 bits per heavy atom. The van der Waals surface area contributed by atoms with Crippen LogP contribution in [0, 0.1) is 6.92 Å². The molecule has 3 rings (SSSR count). The molecule has 2 atom stereocenters. The highest BCUT2D eigenvalue weighted by atomic mass is 16.5. The van der Waals surface area contributed by atoms with E-state index in [0.717, 1.165) is 16.6 Å². The van der Waals surface area contributed by atoms with Crippen molar-refractivity contribution in [2.75, 3.05) is 13.2 Å². The predicted octanol–water partition coefficient (Wildman–Crippen LogP) is 1.06. The van der Waals surface area contributed by atoms with E-state index < -0.39 is 6.10 Å². The molecule has 5 heteroatoms. The molecule has 0 spiro atoms. The predicted molar refractivity (Wildman–Crippen MR) is 62.7 cm³/mol. The van der Waals surface area contributed by atoms with Crippen LogP contribution in [0.1, 0.15) is 18.0 Å². The first-order valence-electron chi connectivity index (χ1n) is 5.83. The van der Waals surface area contributed by atoms with E-state index in [0.29, 0.717) is 19.6 Å². The van der Waals surface area contributed by atoms with Crippen LogP contribution in [0.15, 0.2) is 18.2 Å². The molecule has 0 amide bonds. The molecule has 0 radical (unpaired) electrons. The zero-order valence-electron chi connectivity index (χ0n) is 9.71. The average Bonchev–Trinajstić information content (AvgIpc) is 2.72. The number of fused-ring (bicyclic) bond motifs is 1. The summed E-state index contributed by atoms with van der Waals surface area (Å²) in [6, 6.07) is 5.88. The highest BCUT2D eigenvalue weighted by Crippen LogP contribution is 2.23. The minimum Gasteiger partial charge on any atom is -0.391 e. The summed E-state index contributed by atoms with van der Waals surface area (Å²) in [5.41, 5.74) is 2.97. The van der Waals surface area contributed by atoms with Crippen LogP contribution in [0.3, 0.4) is 0 Å². The Morgan fingerprint density at radius 3 is 3.18 bits per heavy atom. The number of nitrogens with zero attached hydrogens (tertiary/aromatic N) is 3. The number of aromatic nitrogens is 3. The minimum absolute atomic E-state index is 0.128. The third-order valence-electron chi connectivity index (χ3n) is 3.23. The fraction of sp³-hybridized carbons (Fsp3) is 0.500. The van der Waals surface area contributed by atoms with E-state index >= 15 is 0 Å². The first-order chi connectivity index (χ1) is 8.25. The first kappa shape index (κ1) is 10.7. The topological polar surface area (TPSA) is 60.2 Å². The van der Waals surface area contributed by atoms with Gasteiger partial charge in [-0.25, -0.2) is 4.68 Å². The maximum absolute atomic E-state index is 9.99. The van der Waals surface area contributed by atoms with Crippen molar-refractivity contribution in [3.05, 3.63) is 23.8 Å². The number of hydrogen-bond donors (Lipinski definition) is 1. The van der Waals surface area contributed by atoms with E-state index in [1.54, 1.807) is 4.68 Å². The zero-order chi connectivity index (χ0) is 11.8. The molecule has 17 heavy (non-hydrogen) atoms. The van der Waals surface area contributed by atoms with E-state index in [1.165, 1.54) is 0 Å². The molecule has 0 saturated carbocycles. The second-order valence-electron chi connectivity index (χ2n) is 4.52. The number of hydrogen-bond acceptors (Lipinski definition) is 4. The van der Waals surface area contributed by atoms with Gasteiger partial charge in [0.25, 0.3) is 0 Å². The van der Waals surface area contributed by atoms with Gasteiger partial charge in [-0.1, -0.05) is 11.3 Å². The van der Waals surface area contributed by atoms with Crippen LogP contribution in [0.25, 0.3) is 11.0 Å². The molecule has 2 heterocycles. The van der Waals surface area contributed by atoms with E-state index in [-0.39, 0.29) is 6.04 Å². The van der Waals surface area contributed by atoms with Crippen LogP contribution in [0.2, 0.25) is 0 Å². The number of rotatable bonds is 1. The molecule has 1 saturated heterocycles. The molecular formula is C12H15N3O2. The van der Waals surface area contributed by atoms with Crippen LogP contribution in [-0.4, -0.2) is 39.4 Å². The molecule has 1 aliphatic heterocycles. The van der Waals surface area contributed by atoms with Gasteiger partial charge < -0.3 is 9.84 Å². The SMILES string of the molecule is Cc1ccc2c(c1)nnn2C1COCCC1O. The lowest BCUT2D eigenvalue weighted by atomic mass is 10.1. The number of ether oxygens (including phenoxy) is 1. The van der Waals surface area contributed by atoms with Crippen LogP contribution in [0.5, 0.6) is 0 Å². The van der Waals surface area contributed by atoms with Gasteiger partial charge in [0.05, 0.1) is 18.2 Å².